The first-order valence-electron chi connectivity index (χ1n) is 18.7. The lowest BCUT2D eigenvalue weighted by atomic mass is 9.88. The van der Waals surface area contributed by atoms with Crippen LogP contribution in [0.1, 0.15) is 155 Å². The number of rotatable bonds is 6. The topological polar surface area (TPSA) is 154 Å². The van der Waals surface area contributed by atoms with Crippen molar-refractivity contribution in [3.63, 3.8) is 0 Å². The van der Waals surface area contributed by atoms with Crippen LogP contribution >= 0.6 is 44.3 Å². The molecular formula is C41H53Br2ClN6O6. The molecule has 2 atom stereocenters. The maximum atomic E-state index is 12.9. The van der Waals surface area contributed by atoms with Crippen molar-refractivity contribution in [1.29, 1.82) is 0 Å². The number of carbonyl (C=O) groups is 3. The van der Waals surface area contributed by atoms with Crippen LogP contribution in [0.15, 0.2) is 54.4 Å². The molecule has 0 radical (unpaired) electrons. The average Bonchev–Trinajstić information content (AvgIpc) is 3.72. The number of Topliss-reactive ketones (excluding diaryl/α,β-unsaturated/α-hetero) is 2. The molecule has 56 heavy (non-hydrogen) atoms. The number of hydrogen-bond acceptors (Lipinski definition) is 11. The fourth-order valence-corrected chi connectivity index (χ4v) is 7.28. The Morgan fingerprint density at radius 2 is 1.25 bits per heavy atom. The van der Waals surface area contributed by atoms with Gasteiger partial charge in [0.2, 0.25) is 35.0 Å². The first-order valence-corrected chi connectivity index (χ1v) is 20.3. The molecule has 4 heterocycles. The van der Waals surface area contributed by atoms with E-state index in [-0.39, 0.29) is 70.8 Å². The molecule has 2 aromatic heterocycles. The van der Waals surface area contributed by atoms with Gasteiger partial charge < -0.3 is 24.0 Å². The lowest BCUT2D eigenvalue weighted by molar-refractivity contribution is 0.0234. The van der Waals surface area contributed by atoms with E-state index in [1.165, 1.54) is 11.1 Å². The van der Waals surface area contributed by atoms with Crippen LogP contribution in [-0.2, 0) is 28.7 Å². The maximum Gasteiger partial charge on any atom is 0.410 e. The zero-order chi connectivity index (χ0) is 40.3. The number of aromatic nitrogens is 4. The van der Waals surface area contributed by atoms with E-state index < -0.39 is 5.60 Å². The predicted molar refractivity (Wildman–Crippen MR) is 222 cm³/mol. The van der Waals surface area contributed by atoms with Crippen LogP contribution in [0.25, 0.3) is 0 Å². The first-order chi connectivity index (χ1) is 25.7. The van der Waals surface area contributed by atoms with Crippen LogP contribution in [0.5, 0.6) is 0 Å². The Hall–Kier alpha value is -3.46. The second-order valence-corrected chi connectivity index (χ2v) is 19.2. The van der Waals surface area contributed by atoms with Crippen LogP contribution in [0, 0.1) is 0 Å². The maximum absolute atomic E-state index is 12.9. The third-order valence-electron chi connectivity index (χ3n) is 9.33. The summed E-state index contributed by atoms with van der Waals surface area (Å²) < 4.78 is 18.1. The monoisotopic (exact) mass is 918 g/mol. The zero-order valence-corrected chi connectivity index (χ0v) is 37.6. The molecule has 0 saturated carbocycles. The van der Waals surface area contributed by atoms with Crippen LogP contribution in [-0.4, -0.2) is 61.5 Å². The largest absolute Gasteiger partial charge is 0.444 e. The van der Waals surface area contributed by atoms with E-state index in [0.29, 0.717) is 37.7 Å². The van der Waals surface area contributed by atoms with E-state index in [9.17, 15) is 14.4 Å². The summed E-state index contributed by atoms with van der Waals surface area (Å²) in [5.41, 5.74) is 3.39. The zero-order valence-electron chi connectivity index (χ0n) is 33.6. The van der Waals surface area contributed by atoms with Crippen LogP contribution in [0.3, 0.4) is 0 Å². The third kappa shape index (κ3) is 12.0. The minimum atomic E-state index is -0.567. The predicted octanol–water partition coefficient (Wildman–Crippen LogP) is 10.0. The van der Waals surface area contributed by atoms with Gasteiger partial charge in [-0.1, -0.05) is 95.8 Å². The van der Waals surface area contributed by atoms with Gasteiger partial charge in [-0.05, 0) is 98.5 Å². The number of ether oxygens (including phenoxy) is 1. The Balaban J connectivity index is 0.000000252. The van der Waals surface area contributed by atoms with Crippen LogP contribution in [0.2, 0.25) is 0 Å². The molecule has 6 rings (SSSR count). The molecule has 0 unspecified atom stereocenters. The number of benzene rings is 2. The van der Waals surface area contributed by atoms with E-state index in [0.717, 1.165) is 39.6 Å². The van der Waals surface area contributed by atoms with Gasteiger partial charge in [-0.15, -0.1) is 12.4 Å². The lowest BCUT2D eigenvalue weighted by Crippen LogP contribution is -2.36. The van der Waals surface area contributed by atoms with Gasteiger partial charge in [0.25, 0.3) is 0 Å². The molecule has 2 aliphatic rings. The highest BCUT2D eigenvalue weighted by molar-refractivity contribution is 9.10. The van der Waals surface area contributed by atoms with Crippen molar-refractivity contribution in [3.05, 3.63) is 91.0 Å². The van der Waals surface area contributed by atoms with Crippen molar-refractivity contribution >= 4 is 61.9 Å². The van der Waals surface area contributed by atoms with E-state index in [1.54, 1.807) is 4.90 Å². The first kappa shape index (κ1) is 45.2. The van der Waals surface area contributed by atoms with Crippen LogP contribution in [0.4, 0.5) is 4.79 Å². The van der Waals surface area contributed by atoms with Crippen molar-refractivity contribution in [1.82, 2.24) is 30.5 Å². The normalized spacial score (nSPS) is 17.2. The SMILES string of the molecule is CC(C)(C)OC(=O)N1CC[C@@H](CC(=O)c2noc(C(C)(C)C)n2)c2ccc(Br)cc2C1.CC(C)(C)c1nc(C(=O)C[C@@H]2CCNCc3cc(Br)ccc32)no1.Cl. The minimum Gasteiger partial charge on any atom is -0.444 e. The summed E-state index contributed by atoms with van der Waals surface area (Å²) >= 11 is 7.03. The summed E-state index contributed by atoms with van der Waals surface area (Å²) in [6.07, 6.45) is 1.87. The highest BCUT2D eigenvalue weighted by atomic mass is 79.9. The van der Waals surface area contributed by atoms with Gasteiger partial charge in [-0.3, -0.25) is 9.59 Å². The molecule has 1 amide bonds. The Kier molecular flexibility index (Phi) is 14.9. The van der Waals surface area contributed by atoms with Crippen molar-refractivity contribution in [3.8, 4) is 0 Å². The Bertz CT molecular complexity index is 2010. The highest BCUT2D eigenvalue weighted by Gasteiger charge is 2.32. The summed E-state index contributed by atoms with van der Waals surface area (Å²) in [6, 6.07) is 12.3. The standard InChI is InChI=1S/C23H30BrN3O4.C18H22BrN3O2.ClH/c1-22(2,3)20-25-19(26-31-20)18(28)12-14-9-10-27(21(29)30-23(4,5)6)13-15-11-16(24)7-8-17(14)15;1-18(2,3)17-21-16(22-24-17)15(23)9-11-6-7-20-10-12-8-13(19)4-5-14(11)12;/h7-8,11,14H,9-10,12-13H2,1-6H3;4-5,8,11,20H,6-7,9-10H2,1-3H3;1H/t14-;11-;/m00./s1. The number of fused-ring (bicyclic) bond motifs is 2. The van der Waals surface area contributed by atoms with Gasteiger partial charge in [0.05, 0.1) is 0 Å². The second-order valence-electron chi connectivity index (χ2n) is 17.3. The van der Waals surface area contributed by atoms with E-state index in [4.69, 9.17) is 13.8 Å². The van der Waals surface area contributed by atoms with Crippen molar-refractivity contribution in [2.45, 2.75) is 129 Å². The number of nitrogens with zero attached hydrogens (tertiary/aromatic N) is 5. The number of amides is 1. The van der Waals surface area contributed by atoms with E-state index >= 15 is 0 Å². The summed E-state index contributed by atoms with van der Waals surface area (Å²) in [6.45, 7) is 20.0. The highest BCUT2D eigenvalue weighted by Crippen LogP contribution is 2.35. The number of halogens is 3. The molecule has 0 spiro atoms. The average molecular weight is 921 g/mol. The number of hydrogen-bond donors (Lipinski definition) is 1. The van der Waals surface area contributed by atoms with Crippen molar-refractivity contribution in [2.24, 2.45) is 0 Å². The molecule has 0 fully saturated rings. The lowest BCUT2D eigenvalue weighted by Gasteiger charge is -2.26. The van der Waals surface area contributed by atoms with E-state index in [1.807, 2.05) is 86.6 Å². The summed E-state index contributed by atoms with van der Waals surface area (Å²) in [4.78, 5) is 48.6. The fraction of sp³-hybridized carbons (Fsp3) is 0.537. The van der Waals surface area contributed by atoms with Crippen molar-refractivity contribution in [2.75, 3.05) is 13.1 Å². The third-order valence-corrected chi connectivity index (χ3v) is 10.3. The molecule has 12 nitrogen and oxygen atoms in total. The molecule has 1 N–H and O–H groups in total. The van der Waals surface area contributed by atoms with Crippen molar-refractivity contribution < 1.29 is 28.2 Å². The second kappa shape index (κ2) is 18.4. The van der Waals surface area contributed by atoms with Gasteiger partial charge >= 0.3 is 6.09 Å². The number of carbonyl (C=O) groups excluding carboxylic acids is 3. The Morgan fingerprint density at radius 1 is 0.768 bits per heavy atom. The minimum absolute atomic E-state index is 0. The number of ketones is 2. The molecule has 304 valence electrons. The molecular weight excluding hydrogens is 868 g/mol. The quantitative estimate of drug-likeness (QED) is 0.184. The Morgan fingerprint density at radius 3 is 1.73 bits per heavy atom. The molecule has 0 bridgehead atoms. The van der Waals surface area contributed by atoms with Crippen LogP contribution < -0.4 is 5.32 Å². The molecule has 4 aromatic rings. The van der Waals surface area contributed by atoms with Gasteiger partial charge in [0.1, 0.15) is 5.60 Å². The molecule has 2 aromatic carbocycles. The van der Waals surface area contributed by atoms with Gasteiger partial charge in [-0.25, -0.2) is 4.79 Å². The van der Waals surface area contributed by atoms with Gasteiger partial charge in [0.15, 0.2) is 0 Å². The molecule has 2 aliphatic heterocycles. The summed E-state index contributed by atoms with van der Waals surface area (Å²) in [5, 5.41) is 11.2. The molecule has 15 heteroatoms. The smallest absolute Gasteiger partial charge is 0.410 e. The molecule has 0 aliphatic carbocycles. The molecule has 0 saturated heterocycles. The summed E-state index contributed by atoms with van der Waals surface area (Å²) in [7, 11) is 0. The van der Waals surface area contributed by atoms with E-state index in [2.05, 4.69) is 69.6 Å². The fourth-order valence-electron chi connectivity index (χ4n) is 6.46. The summed E-state index contributed by atoms with van der Waals surface area (Å²) in [5.74, 6) is 1.13. The number of nitrogens with one attached hydrogen (secondary N) is 1. The van der Waals surface area contributed by atoms with Gasteiger partial charge in [0, 0.05) is 52.3 Å². The Labute approximate surface area is 352 Å². The van der Waals surface area contributed by atoms with Gasteiger partial charge in [-0.2, -0.15) is 9.97 Å².